The van der Waals surface area contributed by atoms with Gasteiger partial charge in [0.2, 0.25) is 0 Å². The standard InChI is InChI=1S/C19H29NO/c1-18(2)16-9-10-19(3,11-16)17(18)20-12-14-5-7-15(8-6-14)13-21-4/h5-8,16-17,20H,9-13H2,1-4H3. The van der Waals surface area contributed by atoms with E-state index >= 15 is 0 Å². The van der Waals surface area contributed by atoms with Crippen LogP contribution in [0.15, 0.2) is 24.3 Å². The summed E-state index contributed by atoms with van der Waals surface area (Å²) >= 11 is 0. The van der Waals surface area contributed by atoms with Crippen molar-refractivity contribution in [3.8, 4) is 0 Å². The largest absolute Gasteiger partial charge is 0.380 e. The van der Waals surface area contributed by atoms with Crippen molar-refractivity contribution in [2.45, 2.75) is 59.2 Å². The number of ether oxygens (including phenoxy) is 1. The third-order valence-corrected chi connectivity index (χ3v) is 6.11. The van der Waals surface area contributed by atoms with Crippen molar-refractivity contribution in [1.29, 1.82) is 0 Å². The molecule has 2 saturated carbocycles. The number of hydrogen-bond donors (Lipinski definition) is 1. The van der Waals surface area contributed by atoms with E-state index in [0.29, 0.717) is 23.5 Å². The molecule has 2 aliphatic carbocycles. The van der Waals surface area contributed by atoms with Crippen LogP contribution in [0.3, 0.4) is 0 Å². The van der Waals surface area contributed by atoms with E-state index < -0.39 is 0 Å². The lowest BCUT2D eigenvalue weighted by Gasteiger charge is -2.43. The predicted molar refractivity (Wildman–Crippen MR) is 87.0 cm³/mol. The number of fused-ring (bicyclic) bond motifs is 2. The summed E-state index contributed by atoms with van der Waals surface area (Å²) in [6.07, 6.45) is 4.23. The third-order valence-electron chi connectivity index (χ3n) is 6.11. The van der Waals surface area contributed by atoms with Gasteiger partial charge in [-0.3, -0.25) is 0 Å². The second-order valence-corrected chi connectivity index (χ2v) is 7.98. The molecule has 1 aromatic rings. The summed E-state index contributed by atoms with van der Waals surface area (Å²) in [6, 6.07) is 9.44. The van der Waals surface area contributed by atoms with Crippen molar-refractivity contribution in [3.05, 3.63) is 35.4 Å². The van der Waals surface area contributed by atoms with Crippen LogP contribution in [0.2, 0.25) is 0 Å². The van der Waals surface area contributed by atoms with Crippen LogP contribution in [0.4, 0.5) is 0 Å². The van der Waals surface area contributed by atoms with Crippen LogP contribution in [0.1, 0.15) is 51.2 Å². The Balaban J connectivity index is 1.64. The van der Waals surface area contributed by atoms with Crippen molar-refractivity contribution in [3.63, 3.8) is 0 Å². The van der Waals surface area contributed by atoms with Gasteiger partial charge in [0, 0.05) is 19.7 Å². The van der Waals surface area contributed by atoms with Crippen molar-refractivity contribution < 1.29 is 4.74 Å². The summed E-state index contributed by atoms with van der Waals surface area (Å²) < 4.78 is 5.17. The summed E-state index contributed by atoms with van der Waals surface area (Å²) in [6.45, 7) is 9.08. The van der Waals surface area contributed by atoms with Crippen molar-refractivity contribution in [2.24, 2.45) is 16.7 Å². The molecule has 2 fully saturated rings. The van der Waals surface area contributed by atoms with Crippen LogP contribution in [-0.2, 0) is 17.9 Å². The Morgan fingerprint density at radius 2 is 1.81 bits per heavy atom. The molecule has 2 aliphatic rings. The molecule has 0 saturated heterocycles. The SMILES string of the molecule is COCc1ccc(CNC2C3(C)CCC(C3)C2(C)C)cc1. The number of hydrogen-bond acceptors (Lipinski definition) is 2. The molecule has 21 heavy (non-hydrogen) atoms. The molecule has 0 heterocycles. The van der Waals surface area contributed by atoms with E-state index in [9.17, 15) is 0 Å². The zero-order valence-corrected chi connectivity index (χ0v) is 13.9. The number of benzene rings is 1. The monoisotopic (exact) mass is 287 g/mol. The molecule has 3 atom stereocenters. The Bertz CT molecular complexity index is 488. The minimum Gasteiger partial charge on any atom is -0.380 e. The Labute approximate surface area is 129 Å². The molecule has 0 amide bonds. The maximum atomic E-state index is 5.17. The number of methoxy groups -OCH3 is 1. The van der Waals surface area contributed by atoms with E-state index in [1.807, 2.05) is 0 Å². The Morgan fingerprint density at radius 1 is 1.14 bits per heavy atom. The van der Waals surface area contributed by atoms with E-state index in [4.69, 9.17) is 4.74 Å². The van der Waals surface area contributed by atoms with Crippen molar-refractivity contribution in [2.75, 3.05) is 7.11 Å². The van der Waals surface area contributed by atoms with Gasteiger partial charge in [-0.2, -0.15) is 0 Å². The number of rotatable bonds is 5. The molecule has 0 aliphatic heterocycles. The molecule has 1 N–H and O–H groups in total. The predicted octanol–water partition coefficient (Wildman–Crippen LogP) is 4.14. The van der Waals surface area contributed by atoms with Gasteiger partial charge < -0.3 is 10.1 Å². The van der Waals surface area contributed by atoms with Crippen LogP contribution < -0.4 is 5.32 Å². The molecule has 2 heteroatoms. The summed E-state index contributed by atoms with van der Waals surface area (Å²) in [5, 5.41) is 3.88. The fraction of sp³-hybridized carbons (Fsp3) is 0.684. The maximum Gasteiger partial charge on any atom is 0.0713 e. The van der Waals surface area contributed by atoms with Gasteiger partial charge in [-0.15, -0.1) is 0 Å². The Hall–Kier alpha value is -0.860. The van der Waals surface area contributed by atoms with E-state index in [1.165, 1.54) is 30.4 Å². The molecule has 1 aromatic carbocycles. The van der Waals surface area contributed by atoms with Crippen molar-refractivity contribution >= 4 is 0 Å². The van der Waals surface area contributed by atoms with Crippen LogP contribution >= 0.6 is 0 Å². The third kappa shape index (κ3) is 2.64. The lowest BCUT2D eigenvalue weighted by Crippen LogP contribution is -2.49. The lowest BCUT2D eigenvalue weighted by molar-refractivity contribution is 0.108. The fourth-order valence-electron chi connectivity index (χ4n) is 4.95. The molecule has 0 aromatic heterocycles. The van der Waals surface area contributed by atoms with Gasteiger partial charge in [-0.05, 0) is 47.1 Å². The Kier molecular flexibility index (Phi) is 3.87. The average Bonchev–Trinajstić information content (AvgIpc) is 2.92. The first kappa shape index (κ1) is 15.1. The van der Waals surface area contributed by atoms with E-state index in [1.54, 1.807) is 7.11 Å². The van der Waals surface area contributed by atoms with Gasteiger partial charge in [0.25, 0.3) is 0 Å². The van der Waals surface area contributed by atoms with Crippen LogP contribution in [-0.4, -0.2) is 13.2 Å². The minimum absolute atomic E-state index is 0.434. The van der Waals surface area contributed by atoms with Crippen LogP contribution in [0, 0.1) is 16.7 Å². The van der Waals surface area contributed by atoms with Gasteiger partial charge in [0.05, 0.1) is 6.61 Å². The normalized spacial score (nSPS) is 33.5. The summed E-state index contributed by atoms with van der Waals surface area (Å²) in [5.41, 5.74) is 3.55. The first-order chi connectivity index (χ1) is 9.95. The van der Waals surface area contributed by atoms with Gasteiger partial charge in [0.1, 0.15) is 0 Å². The topological polar surface area (TPSA) is 21.3 Å². The van der Waals surface area contributed by atoms with Crippen LogP contribution in [0.5, 0.6) is 0 Å². The maximum absolute atomic E-state index is 5.17. The second-order valence-electron chi connectivity index (χ2n) is 7.98. The highest BCUT2D eigenvalue weighted by molar-refractivity contribution is 5.22. The highest BCUT2D eigenvalue weighted by atomic mass is 16.5. The van der Waals surface area contributed by atoms with E-state index in [0.717, 1.165) is 12.5 Å². The molecule has 3 unspecified atom stereocenters. The van der Waals surface area contributed by atoms with Crippen LogP contribution in [0.25, 0.3) is 0 Å². The van der Waals surface area contributed by atoms with Crippen molar-refractivity contribution in [1.82, 2.24) is 5.32 Å². The molecule has 2 bridgehead atoms. The zero-order chi connectivity index (χ0) is 15.1. The van der Waals surface area contributed by atoms with E-state index in [-0.39, 0.29) is 0 Å². The minimum atomic E-state index is 0.434. The molecule has 3 rings (SSSR count). The molecule has 0 spiro atoms. The van der Waals surface area contributed by atoms with Gasteiger partial charge in [-0.1, -0.05) is 45.0 Å². The zero-order valence-electron chi connectivity index (χ0n) is 13.9. The Morgan fingerprint density at radius 3 is 2.38 bits per heavy atom. The summed E-state index contributed by atoms with van der Waals surface area (Å²) in [4.78, 5) is 0. The highest BCUT2D eigenvalue weighted by Gasteiger charge is 2.58. The smallest absolute Gasteiger partial charge is 0.0713 e. The second kappa shape index (κ2) is 5.40. The summed E-state index contributed by atoms with van der Waals surface area (Å²) in [7, 11) is 1.74. The molecule has 0 radical (unpaired) electrons. The fourth-order valence-corrected chi connectivity index (χ4v) is 4.95. The summed E-state index contributed by atoms with van der Waals surface area (Å²) in [5.74, 6) is 0.907. The quantitative estimate of drug-likeness (QED) is 0.879. The molecular weight excluding hydrogens is 258 g/mol. The average molecular weight is 287 g/mol. The van der Waals surface area contributed by atoms with Gasteiger partial charge in [-0.25, -0.2) is 0 Å². The lowest BCUT2D eigenvalue weighted by atomic mass is 9.68. The first-order valence-corrected chi connectivity index (χ1v) is 8.26. The van der Waals surface area contributed by atoms with Gasteiger partial charge >= 0.3 is 0 Å². The molecular formula is C19H29NO. The van der Waals surface area contributed by atoms with Gasteiger partial charge in [0.15, 0.2) is 0 Å². The molecule has 116 valence electrons. The number of nitrogens with one attached hydrogen (secondary N) is 1. The van der Waals surface area contributed by atoms with E-state index in [2.05, 4.69) is 50.4 Å². The highest BCUT2D eigenvalue weighted by Crippen LogP contribution is 2.62. The molecule has 2 nitrogen and oxygen atoms in total. The first-order valence-electron chi connectivity index (χ1n) is 8.26.